The summed E-state index contributed by atoms with van der Waals surface area (Å²) >= 11 is 0. The molecule has 0 radical (unpaired) electrons. The lowest BCUT2D eigenvalue weighted by atomic mass is 10.0. The summed E-state index contributed by atoms with van der Waals surface area (Å²) < 4.78 is 35.4. The molecule has 4 nitrogen and oxygen atoms in total. The summed E-state index contributed by atoms with van der Waals surface area (Å²) in [5.41, 5.74) is 1.06. The van der Waals surface area contributed by atoms with Crippen molar-refractivity contribution in [3.05, 3.63) is 42.5 Å². The SMILES string of the molecule is C=CCCCC[C@H](CCC)N(CCO[Si](C)(C)C(C)(C)C)S(=O)(=O)c1ccc(C)cc1. The third-order valence-corrected chi connectivity index (χ3v) is 12.9. The Morgan fingerprint density at radius 1 is 1.13 bits per heavy atom. The van der Waals surface area contributed by atoms with Gasteiger partial charge in [-0.25, -0.2) is 8.42 Å². The van der Waals surface area contributed by atoms with Crippen LogP contribution in [0.15, 0.2) is 41.8 Å². The molecule has 0 aromatic heterocycles. The van der Waals surface area contributed by atoms with E-state index in [2.05, 4.69) is 47.4 Å². The van der Waals surface area contributed by atoms with Gasteiger partial charge in [0.05, 0.1) is 4.90 Å². The standard InChI is InChI=1S/C25H45NO3SSi/c1-9-11-12-13-15-23(14-10-2)26(20-21-29-31(7,8)25(4,5)6)30(27,28)24-18-16-22(3)17-19-24/h9,16-19,23H,1,10-15,20-21H2,2-8H3/t23-/m0/s1. The molecule has 0 saturated carbocycles. The van der Waals surface area contributed by atoms with E-state index in [1.165, 1.54) is 0 Å². The molecular weight excluding hydrogens is 422 g/mol. The fourth-order valence-electron chi connectivity index (χ4n) is 3.39. The fourth-order valence-corrected chi connectivity index (χ4v) is 6.09. The maximum absolute atomic E-state index is 13.7. The second-order valence-corrected chi connectivity index (χ2v) is 16.8. The first kappa shape index (κ1) is 28.1. The fraction of sp³-hybridized carbons (Fsp3) is 0.680. The molecular formula is C25H45NO3SSi. The Bertz CT molecular complexity index is 767. The van der Waals surface area contributed by atoms with Crippen molar-refractivity contribution in [2.45, 2.75) is 102 Å². The van der Waals surface area contributed by atoms with Crippen LogP contribution >= 0.6 is 0 Å². The number of rotatable bonds is 14. The lowest BCUT2D eigenvalue weighted by Gasteiger charge is -2.37. The van der Waals surface area contributed by atoms with Crippen LogP contribution in [0.5, 0.6) is 0 Å². The summed E-state index contributed by atoms with van der Waals surface area (Å²) in [6, 6.07) is 7.19. The molecule has 0 spiro atoms. The second kappa shape index (κ2) is 12.3. The Balaban J connectivity index is 3.14. The van der Waals surface area contributed by atoms with Gasteiger partial charge in [0.2, 0.25) is 10.0 Å². The number of hydrogen-bond acceptors (Lipinski definition) is 3. The van der Waals surface area contributed by atoms with Gasteiger partial charge in [-0.3, -0.25) is 0 Å². The van der Waals surface area contributed by atoms with Crippen molar-refractivity contribution < 1.29 is 12.8 Å². The summed E-state index contributed by atoms with van der Waals surface area (Å²) in [6.07, 6.45) is 7.63. The molecule has 6 heteroatoms. The van der Waals surface area contributed by atoms with Crippen LogP contribution < -0.4 is 0 Å². The van der Waals surface area contributed by atoms with Gasteiger partial charge in [0.15, 0.2) is 8.32 Å². The van der Waals surface area contributed by atoms with Gasteiger partial charge in [-0.1, -0.05) is 64.3 Å². The van der Waals surface area contributed by atoms with Crippen LogP contribution in [0.1, 0.15) is 71.8 Å². The molecule has 1 rings (SSSR count). The van der Waals surface area contributed by atoms with Crippen LogP contribution in [0.2, 0.25) is 18.1 Å². The zero-order chi connectivity index (χ0) is 23.7. The Morgan fingerprint density at radius 3 is 2.26 bits per heavy atom. The smallest absolute Gasteiger partial charge is 0.243 e. The molecule has 0 bridgehead atoms. The Morgan fingerprint density at radius 2 is 1.74 bits per heavy atom. The first-order valence-electron chi connectivity index (χ1n) is 11.7. The van der Waals surface area contributed by atoms with E-state index in [9.17, 15) is 8.42 Å². The van der Waals surface area contributed by atoms with Crippen molar-refractivity contribution in [2.24, 2.45) is 0 Å². The molecule has 0 aliphatic carbocycles. The van der Waals surface area contributed by atoms with Crippen molar-refractivity contribution in [2.75, 3.05) is 13.2 Å². The van der Waals surface area contributed by atoms with Crippen LogP contribution in [-0.4, -0.2) is 40.2 Å². The average molecular weight is 468 g/mol. The van der Waals surface area contributed by atoms with Gasteiger partial charge in [-0.15, -0.1) is 6.58 Å². The van der Waals surface area contributed by atoms with Crippen molar-refractivity contribution in [1.29, 1.82) is 0 Å². The molecule has 1 atom stereocenters. The van der Waals surface area contributed by atoms with E-state index in [-0.39, 0.29) is 11.1 Å². The highest BCUT2D eigenvalue weighted by Gasteiger charge is 2.38. The lowest BCUT2D eigenvalue weighted by molar-refractivity contribution is 0.213. The molecule has 0 unspecified atom stereocenters. The maximum Gasteiger partial charge on any atom is 0.243 e. The van der Waals surface area contributed by atoms with E-state index in [0.29, 0.717) is 18.0 Å². The van der Waals surface area contributed by atoms with E-state index in [0.717, 1.165) is 44.1 Å². The summed E-state index contributed by atoms with van der Waals surface area (Å²) in [7, 11) is -5.53. The van der Waals surface area contributed by atoms with E-state index in [1.807, 2.05) is 25.1 Å². The summed E-state index contributed by atoms with van der Waals surface area (Å²) in [4.78, 5) is 0.373. The first-order valence-corrected chi connectivity index (χ1v) is 16.0. The molecule has 0 fully saturated rings. The summed E-state index contributed by atoms with van der Waals surface area (Å²) in [5, 5.41) is 0.0984. The molecule has 0 heterocycles. The van der Waals surface area contributed by atoms with Gasteiger partial charge < -0.3 is 4.43 Å². The van der Waals surface area contributed by atoms with E-state index in [4.69, 9.17) is 4.43 Å². The first-order chi connectivity index (χ1) is 14.4. The lowest BCUT2D eigenvalue weighted by Crippen LogP contribution is -2.46. The van der Waals surface area contributed by atoms with Gasteiger partial charge in [0, 0.05) is 19.2 Å². The van der Waals surface area contributed by atoms with Gasteiger partial charge in [0.25, 0.3) is 0 Å². The molecule has 0 N–H and O–H groups in total. The highest BCUT2D eigenvalue weighted by molar-refractivity contribution is 7.89. The molecule has 1 aromatic rings. The minimum Gasteiger partial charge on any atom is -0.415 e. The topological polar surface area (TPSA) is 46.6 Å². The van der Waals surface area contributed by atoms with Gasteiger partial charge in [-0.2, -0.15) is 4.31 Å². The van der Waals surface area contributed by atoms with Crippen molar-refractivity contribution in [1.82, 2.24) is 4.31 Å². The van der Waals surface area contributed by atoms with Gasteiger partial charge in [-0.05, 0) is 62.9 Å². The average Bonchev–Trinajstić information content (AvgIpc) is 2.67. The number of hydrogen-bond donors (Lipinski definition) is 0. The highest BCUT2D eigenvalue weighted by Crippen LogP contribution is 2.36. The molecule has 31 heavy (non-hydrogen) atoms. The van der Waals surface area contributed by atoms with Crippen molar-refractivity contribution in [3.63, 3.8) is 0 Å². The number of benzene rings is 1. The minimum absolute atomic E-state index is 0.0101. The second-order valence-electron chi connectivity index (χ2n) is 10.1. The number of aryl methyl sites for hydroxylation is 1. The Hall–Kier alpha value is -0.953. The molecule has 0 saturated heterocycles. The maximum atomic E-state index is 13.7. The Labute approximate surface area is 193 Å². The zero-order valence-electron chi connectivity index (χ0n) is 20.9. The zero-order valence-corrected chi connectivity index (χ0v) is 22.7. The number of unbranched alkanes of at least 4 members (excludes halogenated alkanes) is 2. The summed E-state index contributed by atoms with van der Waals surface area (Å²) in [6.45, 7) is 19.8. The predicted octanol–water partition coefficient (Wildman–Crippen LogP) is 6.92. The monoisotopic (exact) mass is 467 g/mol. The third kappa shape index (κ3) is 8.48. The number of allylic oxidation sites excluding steroid dienone is 1. The van der Waals surface area contributed by atoms with Crippen LogP contribution in [0, 0.1) is 6.92 Å². The van der Waals surface area contributed by atoms with Crippen LogP contribution in [0.4, 0.5) is 0 Å². The van der Waals surface area contributed by atoms with E-state index < -0.39 is 18.3 Å². The molecule has 0 aliphatic heterocycles. The predicted molar refractivity (Wildman–Crippen MR) is 136 cm³/mol. The molecule has 178 valence electrons. The third-order valence-electron chi connectivity index (χ3n) is 6.43. The molecule has 0 amide bonds. The van der Waals surface area contributed by atoms with Crippen LogP contribution in [0.25, 0.3) is 0 Å². The van der Waals surface area contributed by atoms with Gasteiger partial charge in [0.1, 0.15) is 0 Å². The van der Waals surface area contributed by atoms with E-state index >= 15 is 0 Å². The van der Waals surface area contributed by atoms with E-state index in [1.54, 1.807) is 16.4 Å². The Kier molecular flexibility index (Phi) is 11.2. The van der Waals surface area contributed by atoms with Gasteiger partial charge >= 0.3 is 0 Å². The minimum atomic E-state index is -3.59. The number of nitrogens with zero attached hydrogens (tertiary/aromatic N) is 1. The van der Waals surface area contributed by atoms with Crippen LogP contribution in [0.3, 0.4) is 0 Å². The van der Waals surface area contributed by atoms with Crippen molar-refractivity contribution >= 4 is 18.3 Å². The van der Waals surface area contributed by atoms with Crippen molar-refractivity contribution in [3.8, 4) is 0 Å². The highest BCUT2D eigenvalue weighted by atomic mass is 32.2. The van der Waals surface area contributed by atoms with Crippen LogP contribution in [-0.2, 0) is 14.4 Å². The molecule has 0 aliphatic rings. The number of sulfonamides is 1. The molecule has 1 aromatic carbocycles. The summed E-state index contributed by atoms with van der Waals surface area (Å²) in [5.74, 6) is 0. The largest absolute Gasteiger partial charge is 0.415 e. The normalized spacial score (nSPS) is 14.1. The quantitative estimate of drug-likeness (QED) is 0.169.